The first-order valence-corrected chi connectivity index (χ1v) is 11.9. The van der Waals surface area contributed by atoms with Gasteiger partial charge in [0.25, 0.3) is 0 Å². The van der Waals surface area contributed by atoms with E-state index in [9.17, 15) is 23.1 Å². The molecule has 0 bridgehead atoms. The highest BCUT2D eigenvalue weighted by molar-refractivity contribution is 5.87. The van der Waals surface area contributed by atoms with Crippen molar-refractivity contribution in [2.24, 2.45) is 0 Å². The van der Waals surface area contributed by atoms with Crippen LogP contribution in [-0.4, -0.2) is 64.8 Å². The van der Waals surface area contributed by atoms with Crippen LogP contribution in [0.2, 0.25) is 0 Å². The fourth-order valence-electron chi connectivity index (χ4n) is 4.12. The molecule has 0 aliphatic carbocycles. The summed E-state index contributed by atoms with van der Waals surface area (Å²) in [6, 6.07) is 11.0. The molecule has 196 valence electrons. The second kappa shape index (κ2) is 11.6. The number of hydrogen-bond donors (Lipinski definition) is 4. The quantitative estimate of drug-likeness (QED) is 0.353. The Morgan fingerprint density at radius 1 is 1.11 bits per heavy atom. The summed E-state index contributed by atoms with van der Waals surface area (Å²) in [5.41, 5.74) is 1.91. The van der Waals surface area contributed by atoms with Crippen molar-refractivity contribution in [1.82, 2.24) is 15.2 Å². The van der Waals surface area contributed by atoms with Gasteiger partial charge >= 0.3 is 6.18 Å². The Labute approximate surface area is 209 Å². The number of benzene rings is 2. The molecule has 1 aliphatic rings. The van der Waals surface area contributed by atoms with Crippen molar-refractivity contribution < 1.29 is 28.2 Å². The maximum absolute atomic E-state index is 13.2. The molecule has 3 aromatic rings. The molecule has 0 radical (unpaired) electrons. The third-order valence-electron chi connectivity index (χ3n) is 6.58. The number of halogens is 3. The summed E-state index contributed by atoms with van der Waals surface area (Å²) in [5, 5.41) is 21.8. The molecule has 9 heteroatoms. The average Bonchev–Trinajstić information content (AvgIpc) is 3.49. The maximum atomic E-state index is 13.2. The number of carbonyl (C=O) groups is 1. The fourth-order valence-corrected chi connectivity index (χ4v) is 4.12. The van der Waals surface area contributed by atoms with Crippen LogP contribution < -0.4 is 5.32 Å². The first-order chi connectivity index (χ1) is 17.0. The van der Waals surface area contributed by atoms with Crippen molar-refractivity contribution in [1.29, 1.82) is 0 Å². The molecule has 4 rings (SSSR count). The molecule has 2 aromatic carbocycles. The van der Waals surface area contributed by atoms with Crippen LogP contribution in [0.25, 0.3) is 22.0 Å². The van der Waals surface area contributed by atoms with Gasteiger partial charge in [-0.3, -0.25) is 9.69 Å². The van der Waals surface area contributed by atoms with Gasteiger partial charge < -0.3 is 20.5 Å². The Morgan fingerprint density at radius 3 is 2.44 bits per heavy atom. The van der Waals surface area contributed by atoms with E-state index in [1.165, 1.54) is 6.07 Å². The van der Waals surface area contributed by atoms with Gasteiger partial charge in [-0.1, -0.05) is 6.07 Å². The number of aliphatic hydroxyl groups excluding tert-OH is 2. The minimum absolute atomic E-state index is 0.00578. The zero-order valence-corrected chi connectivity index (χ0v) is 20.8. The summed E-state index contributed by atoms with van der Waals surface area (Å²) < 4.78 is 39.5. The SMILES string of the molecule is CNC(C)(C)CO.O=Cc1cc(-c2ccc3[nH]c(CN4CCCC4CO)cc3c2)cc(C(F)(F)F)c1. The molecular weight excluding hydrogens is 471 g/mol. The number of aliphatic hydroxyl groups is 2. The number of likely N-dealkylation sites (tertiary alicyclic amines) is 1. The van der Waals surface area contributed by atoms with Gasteiger partial charge in [-0.15, -0.1) is 0 Å². The Hall–Kier alpha value is -2.72. The summed E-state index contributed by atoms with van der Waals surface area (Å²) in [6.07, 6.45) is -2.04. The van der Waals surface area contributed by atoms with Gasteiger partial charge in [-0.05, 0) is 87.8 Å². The van der Waals surface area contributed by atoms with E-state index in [2.05, 4.69) is 15.2 Å². The number of aromatic nitrogens is 1. The van der Waals surface area contributed by atoms with E-state index in [1.807, 2.05) is 39.1 Å². The lowest BCUT2D eigenvalue weighted by Gasteiger charge is -2.21. The molecular formula is C27H34F3N3O3. The highest BCUT2D eigenvalue weighted by Crippen LogP contribution is 2.34. The van der Waals surface area contributed by atoms with Crippen molar-refractivity contribution in [3.05, 3.63) is 59.3 Å². The number of aldehydes is 1. The lowest BCUT2D eigenvalue weighted by molar-refractivity contribution is -0.137. The molecule has 2 heterocycles. The predicted molar refractivity (Wildman–Crippen MR) is 135 cm³/mol. The van der Waals surface area contributed by atoms with E-state index in [4.69, 9.17) is 5.11 Å². The maximum Gasteiger partial charge on any atom is 0.416 e. The van der Waals surface area contributed by atoms with Crippen molar-refractivity contribution in [2.45, 2.75) is 51.0 Å². The van der Waals surface area contributed by atoms with Gasteiger partial charge in [0.2, 0.25) is 0 Å². The van der Waals surface area contributed by atoms with Crippen LogP contribution in [0.15, 0.2) is 42.5 Å². The molecule has 1 saturated heterocycles. The largest absolute Gasteiger partial charge is 0.416 e. The molecule has 1 aromatic heterocycles. The number of rotatable bonds is 7. The summed E-state index contributed by atoms with van der Waals surface area (Å²) >= 11 is 0. The molecule has 0 spiro atoms. The number of alkyl halides is 3. The van der Waals surface area contributed by atoms with E-state index in [-0.39, 0.29) is 30.4 Å². The summed E-state index contributed by atoms with van der Waals surface area (Å²) in [4.78, 5) is 16.7. The van der Waals surface area contributed by atoms with Crippen molar-refractivity contribution in [3.8, 4) is 11.1 Å². The molecule has 4 N–H and O–H groups in total. The van der Waals surface area contributed by atoms with Gasteiger partial charge in [-0.25, -0.2) is 0 Å². The number of hydrogen-bond acceptors (Lipinski definition) is 5. The van der Waals surface area contributed by atoms with Crippen LogP contribution in [0, 0.1) is 0 Å². The van der Waals surface area contributed by atoms with Crippen LogP contribution in [0.5, 0.6) is 0 Å². The molecule has 1 aliphatic heterocycles. The van der Waals surface area contributed by atoms with Gasteiger partial charge in [-0.2, -0.15) is 13.2 Å². The second-order valence-electron chi connectivity index (χ2n) is 9.80. The third-order valence-corrected chi connectivity index (χ3v) is 6.58. The fraction of sp³-hybridized carbons (Fsp3) is 0.444. The highest BCUT2D eigenvalue weighted by Gasteiger charge is 2.31. The van der Waals surface area contributed by atoms with Crippen LogP contribution >= 0.6 is 0 Å². The van der Waals surface area contributed by atoms with Gasteiger partial charge in [0, 0.05) is 40.3 Å². The van der Waals surface area contributed by atoms with E-state index in [0.29, 0.717) is 24.0 Å². The Bertz CT molecular complexity index is 1170. The zero-order valence-electron chi connectivity index (χ0n) is 20.8. The molecule has 1 unspecified atom stereocenters. The number of carbonyl (C=O) groups excluding carboxylic acids is 1. The predicted octanol–water partition coefficient (Wildman–Crippen LogP) is 4.60. The number of nitrogens with zero attached hydrogens (tertiary/aromatic N) is 1. The summed E-state index contributed by atoms with van der Waals surface area (Å²) in [7, 11) is 1.83. The summed E-state index contributed by atoms with van der Waals surface area (Å²) in [5.74, 6) is 0. The minimum Gasteiger partial charge on any atom is -0.395 e. The van der Waals surface area contributed by atoms with Crippen molar-refractivity contribution in [2.75, 3.05) is 26.8 Å². The minimum atomic E-state index is -4.52. The first kappa shape index (κ1) is 27.9. The number of nitrogens with one attached hydrogen (secondary N) is 2. The zero-order chi connectivity index (χ0) is 26.5. The second-order valence-corrected chi connectivity index (χ2v) is 9.80. The number of likely N-dealkylation sites (N-methyl/N-ethyl adjacent to an activating group) is 1. The van der Waals surface area contributed by atoms with E-state index in [1.54, 1.807) is 6.07 Å². The van der Waals surface area contributed by atoms with Crippen LogP contribution in [0.4, 0.5) is 13.2 Å². The molecule has 0 amide bonds. The van der Waals surface area contributed by atoms with Gasteiger partial charge in [0.1, 0.15) is 6.29 Å². The van der Waals surface area contributed by atoms with Crippen LogP contribution in [-0.2, 0) is 12.7 Å². The van der Waals surface area contributed by atoms with Crippen molar-refractivity contribution in [3.63, 3.8) is 0 Å². The molecule has 0 saturated carbocycles. The van der Waals surface area contributed by atoms with Crippen LogP contribution in [0.3, 0.4) is 0 Å². The monoisotopic (exact) mass is 505 g/mol. The Morgan fingerprint density at radius 2 is 1.86 bits per heavy atom. The normalized spacial score (nSPS) is 16.7. The molecule has 1 fully saturated rings. The third kappa shape index (κ3) is 6.94. The molecule has 6 nitrogen and oxygen atoms in total. The molecule has 36 heavy (non-hydrogen) atoms. The highest BCUT2D eigenvalue weighted by atomic mass is 19.4. The Balaban J connectivity index is 0.000000454. The average molecular weight is 506 g/mol. The van der Waals surface area contributed by atoms with E-state index in [0.717, 1.165) is 48.1 Å². The first-order valence-electron chi connectivity index (χ1n) is 11.9. The number of aromatic amines is 1. The summed E-state index contributed by atoms with van der Waals surface area (Å²) in [6.45, 7) is 5.82. The Kier molecular flexibility index (Phi) is 8.94. The molecule has 1 atom stereocenters. The lowest BCUT2D eigenvalue weighted by atomic mass is 9.99. The lowest BCUT2D eigenvalue weighted by Crippen LogP contribution is -2.39. The van der Waals surface area contributed by atoms with Gasteiger partial charge in [0.15, 0.2) is 0 Å². The van der Waals surface area contributed by atoms with Crippen LogP contribution in [0.1, 0.15) is 48.3 Å². The van der Waals surface area contributed by atoms with Crippen molar-refractivity contribution >= 4 is 17.2 Å². The van der Waals surface area contributed by atoms with E-state index >= 15 is 0 Å². The smallest absolute Gasteiger partial charge is 0.395 e. The number of H-pyrrole nitrogens is 1. The van der Waals surface area contributed by atoms with E-state index < -0.39 is 11.7 Å². The topological polar surface area (TPSA) is 88.6 Å². The standard InChI is InChI=1S/C22H21F3N2O2.C5H13NO/c23-22(24,25)18-7-14(12-28)6-16(9-18)15-3-4-21-17(8-15)10-19(26-21)11-27-5-1-2-20(27)13-29;1-5(2,4-7)6-3/h3-4,6-10,12,20,26,29H,1-2,5,11,13H2;6-7H,4H2,1-3H3. The van der Waals surface area contributed by atoms with Gasteiger partial charge in [0.05, 0.1) is 18.8 Å². The number of fused-ring (bicyclic) bond motifs is 1.